The van der Waals surface area contributed by atoms with E-state index in [1.165, 1.54) is 5.56 Å². The van der Waals surface area contributed by atoms with Crippen LogP contribution in [-0.4, -0.2) is 57.1 Å². The van der Waals surface area contributed by atoms with Gasteiger partial charge in [-0.1, -0.05) is 25.1 Å². The lowest BCUT2D eigenvalue weighted by Crippen LogP contribution is -2.46. The first-order valence-electron chi connectivity index (χ1n) is 10.7. The molecule has 2 aromatic rings. The van der Waals surface area contributed by atoms with Crippen LogP contribution in [0.1, 0.15) is 31.4 Å². The molecule has 1 fully saturated rings. The van der Waals surface area contributed by atoms with Crippen molar-refractivity contribution >= 4 is 15.7 Å². The predicted molar refractivity (Wildman–Crippen MR) is 123 cm³/mol. The van der Waals surface area contributed by atoms with Crippen LogP contribution in [0.2, 0.25) is 0 Å². The molecule has 1 heterocycles. The largest absolute Gasteiger partial charge is 0.493 e. The molecule has 1 amide bonds. The lowest BCUT2D eigenvalue weighted by molar-refractivity contribution is -0.140. The molecular weight excluding hydrogens is 430 g/mol. The summed E-state index contributed by atoms with van der Waals surface area (Å²) in [5.74, 6) is 1.54. The van der Waals surface area contributed by atoms with Crippen LogP contribution in [0.15, 0.2) is 42.5 Å². The Morgan fingerprint density at radius 3 is 2.28 bits per heavy atom. The number of rotatable bonds is 9. The zero-order chi connectivity index (χ0) is 23.3. The molecule has 7 nitrogen and oxygen atoms in total. The molecule has 0 bridgehead atoms. The molecule has 1 saturated heterocycles. The zero-order valence-electron chi connectivity index (χ0n) is 19.0. The van der Waals surface area contributed by atoms with Crippen molar-refractivity contribution in [1.29, 1.82) is 0 Å². The smallest absolute Gasteiger partial charge is 0.263 e. The highest BCUT2D eigenvalue weighted by atomic mass is 32.2. The average Bonchev–Trinajstić information content (AvgIpc) is 3.16. The number of nitrogens with zero attached hydrogens (tertiary/aromatic N) is 1. The Morgan fingerprint density at radius 2 is 1.72 bits per heavy atom. The van der Waals surface area contributed by atoms with E-state index < -0.39 is 22.0 Å². The minimum Gasteiger partial charge on any atom is -0.493 e. The van der Waals surface area contributed by atoms with Crippen molar-refractivity contribution < 1.29 is 27.4 Å². The number of aryl methyl sites for hydroxylation is 1. The van der Waals surface area contributed by atoms with Gasteiger partial charge in [-0.15, -0.1) is 0 Å². The molecule has 1 aliphatic heterocycles. The second-order valence-corrected chi connectivity index (χ2v) is 10.2. The van der Waals surface area contributed by atoms with Gasteiger partial charge in [0, 0.05) is 12.6 Å². The SMILES string of the molecule is CCc1ccc(OC(C)C(=O)N(Cc2ccc(OC)c(OC)c2)C2CCS(=O)(=O)C2)cc1. The van der Waals surface area contributed by atoms with E-state index in [0.29, 0.717) is 23.7 Å². The van der Waals surface area contributed by atoms with Crippen molar-refractivity contribution in [2.24, 2.45) is 0 Å². The van der Waals surface area contributed by atoms with E-state index in [-0.39, 0.29) is 24.0 Å². The summed E-state index contributed by atoms with van der Waals surface area (Å²) in [5, 5.41) is 0. The van der Waals surface area contributed by atoms with Gasteiger partial charge >= 0.3 is 0 Å². The quantitative estimate of drug-likeness (QED) is 0.570. The highest BCUT2D eigenvalue weighted by Crippen LogP contribution is 2.29. The van der Waals surface area contributed by atoms with Gasteiger partial charge in [-0.05, 0) is 55.2 Å². The van der Waals surface area contributed by atoms with Gasteiger partial charge in [0.2, 0.25) is 0 Å². The van der Waals surface area contributed by atoms with Gasteiger partial charge in [-0.3, -0.25) is 4.79 Å². The lowest BCUT2D eigenvalue weighted by Gasteiger charge is -2.31. The van der Waals surface area contributed by atoms with Crippen LogP contribution in [0.25, 0.3) is 0 Å². The molecule has 0 aromatic heterocycles. The van der Waals surface area contributed by atoms with E-state index in [2.05, 4.69) is 6.92 Å². The first-order chi connectivity index (χ1) is 15.3. The molecule has 1 aliphatic rings. The van der Waals surface area contributed by atoms with Gasteiger partial charge < -0.3 is 19.1 Å². The molecule has 3 rings (SSSR count). The van der Waals surface area contributed by atoms with Gasteiger partial charge in [0.05, 0.1) is 25.7 Å². The van der Waals surface area contributed by atoms with Gasteiger partial charge in [0.25, 0.3) is 5.91 Å². The van der Waals surface area contributed by atoms with Crippen LogP contribution in [-0.2, 0) is 27.6 Å². The Kier molecular flexibility index (Phi) is 7.66. The van der Waals surface area contributed by atoms with Crippen molar-refractivity contribution in [3.05, 3.63) is 53.6 Å². The van der Waals surface area contributed by atoms with Gasteiger partial charge in [-0.2, -0.15) is 0 Å². The van der Waals surface area contributed by atoms with Crippen molar-refractivity contribution in [3.8, 4) is 17.2 Å². The van der Waals surface area contributed by atoms with Gasteiger partial charge in [-0.25, -0.2) is 8.42 Å². The van der Waals surface area contributed by atoms with Gasteiger partial charge in [0.1, 0.15) is 5.75 Å². The first-order valence-corrected chi connectivity index (χ1v) is 12.6. The summed E-state index contributed by atoms with van der Waals surface area (Å²) in [6.07, 6.45) is 0.578. The van der Waals surface area contributed by atoms with Crippen LogP contribution in [0.3, 0.4) is 0 Å². The number of hydrogen-bond acceptors (Lipinski definition) is 6. The fraction of sp³-hybridized carbons (Fsp3) is 0.458. The fourth-order valence-corrected chi connectivity index (χ4v) is 5.61. The number of carbonyl (C=O) groups excluding carboxylic acids is 1. The second-order valence-electron chi connectivity index (χ2n) is 7.97. The lowest BCUT2D eigenvalue weighted by atomic mass is 10.1. The summed E-state index contributed by atoms with van der Waals surface area (Å²) in [7, 11) is -0.0537. The third kappa shape index (κ3) is 5.73. The van der Waals surface area contributed by atoms with E-state index in [1.54, 1.807) is 38.2 Å². The number of hydrogen-bond donors (Lipinski definition) is 0. The summed E-state index contributed by atoms with van der Waals surface area (Å²) in [5.41, 5.74) is 2.00. The first kappa shape index (κ1) is 23.9. The predicted octanol–water partition coefficient (Wildman–Crippen LogP) is 3.25. The van der Waals surface area contributed by atoms with Crippen LogP contribution >= 0.6 is 0 Å². The fourth-order valence-electron chi connectivity index (χ4n) is 3.88. The number of amides is 1. The molecule has 0 aliphatic carbocycles. The van der Waals surface area contributed by atoms with Crippen LogP contribution in [0, 0.1) is 0 Å². The van der Waals surface area contributed by atoms with Gasteiger partial charge in [0.15, 0.2) is 27.4 Å². The standard InChI is InChI=1S/C24H31NO6S/c1-5-18-6-9-21(10-7-18)31-17(2)24(26)25(20-12-13-32(27,28)16-20)15-19-8-11-22(29-3)23(14-19)30-4/h6-11,14,17,20H,5,12-13,15-16H2,1-4H3. The molecule has 2 unspecified atom stereocenters. The molecule has 0 radical (unpaired) electrons. The molecule has 2 atom stereocenters. The summed E-state index contributed by atoms with van der Waals surface area (Å²) >= 11 is 0. The minimum atomic E-state index is -3.16. The number of carbonyl (C=O) groups is 1. The van der Waals surface area contributed by atoms with Crippen molar-refractivity contribution in [2.75, 3.05) is 25.7 Å². The average molecular weight is 462 g/mol. The molecule has 8 heteroatoms. The third-order valence-electron chi connectivity index (χ3n) is 5.73. The molecule has 174 valence electrons. The Bertz CT molecular complexity index is 1030. The maximum atomic E-state index is 13.4. The summed E-state index contributed by atoms with van der Waals surface area (Å²) in [6.45, 7) is 4.02. The highest BCUT2D eigenvalue weighted by molar-refractivity contribution is 7.91. The van der Waals surface area contributed by atoms with E-state index in [9.17, 15) is 13.2 Å². The second kappa shape index (κ2) is 10.3. The maximum absolute atomic E-state index is 13.4. The molecule has 0 spiro atoms. The van der Waals surface area contributed by atoms with Crippen LogP contribution in [0.4, 0.5) is 0 Å². The number of benzene rings is 2. The third-order valence-corrected chi connectivity index (χ3v) is 7.48. The normalized spacial score (nSPS) is 18.1. The Hall–Kier alpha value is -2.74. The topological polar surface area (TPSA) is 82.1 Å². The molecule has 2 aromatic carbocycles. The number of methoxy groups -OCH3 is 2. The minimum absolute atomic E-state index is 0.0378. The number of ether oxygens (including phenoxy) is 3. The van der Waals surface area contributed by atoms with Crippen molar-refractivity contribution in [3.63, 3.8) is 0 Å². The van der Waals surface area contributed by atoms with E-state index in [4.69, 9.17) is 14.2 Å². The van der Waals surface area contributed by atoms with Crippen molar-refractivity contribution in [1.82, 2.24) is 4.90 Å². The summed E-state index contributed by atoms with van der Waals surface area (Å²) in [4.78, 5) is 15.0. The van der Waals surface area contributed by atoms with E-state index in [0.717, 1.165) is 12.0 Å². The highest BCUT2D eigenvalue weighted by Gasteiger charge is 2.36. The van der Waals surface area contributed by atoms with E-state index >= 15 is 0 Å². The Balaban J connectivity index is 1.82. The van der Waals surface area contributed by atoms with Crippen LogP contribution < -0.4 is 14.2 Å². The summed E-state index contributed by atoms with van der Waals surface area (Å²) < 4.78 is 40.8. The van der Waals surface area contributed by atoms with E-state index in [1.807, 2.05) is 30.3 Å². The molecular formula is C24H31NO6S. The Morgan fingerprint density at radius 1 is 1.06 bits per heavy atom. The monoisotopic (exact) mass is 461 g/mol. The maximum Gasteiger partial charge on any atom is 0.263 e. The summed E-state index contributed by atoms with van der Waals surface area (Å²) in [6, 6.07) is 12.7. The Labute approximate surface area is 190 Å². The molecule has 32 heavy (non-hydrogen) atoms. The van der Waals surface area contributed by atoms with Crippen LogP contribution in [0.5, 0.6) is 17.2 Å². The molecule has 0 saturated carbocycles. The zero-order valence-corrected chi connectivity index (χ0v) is 19.9. The number of sulfone groups is 1. The molecule has 0 N–H and O–H groups in total. The van der Waals surface area contributed by atoms with Crippen molar-refractivity contribution in [2.45, 2.75) is 45.4 Å².